The van der Waals surface area contributed by atoms with Crippen molar-refractivity contribution in [1.29, 1.82) is 0 Å². The highest BCUT2D eigenvalue weighted by Crippen LogP contribution is 2.38. The molecule has 2 unspecified atom stereocenters. The summed E-state index contributed by atoms with van der Waals surface area (Å²) < 4.78 is 10.5. The predicted molar refractivity (Wildman–Crippen MR) is 78.1 cm³/mol. The van der Waals surface area contributed by atoms with Crippen molar-refractivity contribution in [1.82, 2.24) is 0 Å². The SMILES string of the molecule is COc1ccc(OC)c(C(O)C2CSCCS2)c1. The molecule has 2 rings (SSSR count). The zero-order valence-corrected chi connectivity index (χ0v) is 12.2. The summed E-state index contributed by atoms with van der Waals surface area (Å²) in [5.41, 5.74) is 0.817. The van der Waals surface area contributed by atoms with Gasteiger partial charge in [-0.2, -0.15) is 23.5 Å². The first-order chi connectivity index (χ1) is 8.76. The Morgan fingerprint density at radius 1 is 1.28 bits per heavy atom. The van der Waals surface area contributed by atoms with Gasteiger partial charge in [-0.05, 0) is 18.2 Å². The summed E-state index contributed by atoms with van der Waals surface area (Å²) in [7, 11) is 3.25. The fourth-order valence-corrected chi connectivity index (χ4v) is 4.70. The lowest BCUT2D eigenvalue weighted by Gasteiger charge is -2.27. The van der Waals surface area contributed by atoms with Crippen LogP contribution in [0.2, 0.25) is 0 Å². The fraction of sp³-hybridized carbons (Fsp3) is 0.538. The van der Waals surface area contributed by atoms with Gasteiger partial charge in [0.05, 0.1) is 20.3 Å². The molecule has 1 N–H and O–H groups in total. The molecular weight excluding hydrogens is 268 g/mol. The summed E-state index contributed by atoms with van der Waals surface area (Å²) in [6.07, 6.45) is -0.507. The van der Waals surface area contributed by atoms with Crippen LogP contribution in [0.1, 0.15) is 11.7 Å². The third-order valence-electron chi connectivity index (χ3n) is 2.95. The molecule has 0 spiro atoms. The first-order valence-electron chi connectivity index (χ1n) is 5.85. The standard InChI is InChI=1S/C13H18O3S2/c1-15-9-3-4-11(16-2)10(7-9)13(14)12-8-17-5-6-18-12/h3-4,7,12-14H,5-6,8H2,1-2H3. The van der Waals surface area contributed by atoms with Crippen molar-refractivity contribution in [2.75, 3.05) is 31.5 Å². The Bertz CT molecular complexity index is 392. The zero-order valence-electron chi connectivity index (χ0n) is 10.6. The van der Waals surface area contributed by atoms with Crippen LogP contribution in [0.3, 0.4) is 0 Å². The van der Waals surface area contributed by atoms with E-state index in [0.29, 0.717) is 0 Å². The molecule has 2 atom stereocenters. The fourth-order valence-electron chi connectivity index (χ4n) is 1.96. The molecule has 0 bridgehead atoms. The molecule has 1 aliphatic rings. The summed E-state index contributed by atoms with van der Waals surface area (Å²) in [5.74, 6) is 4.71. The maximum Gasteiger partial charge on any atom is 0.124 e. The number of rotatable bonds is 4. The van der Waals surface area contributed by atoms with E-state index in [-0.39, 0.29) is 5.25 Å². The molecule has 18 heavy (non-hydrogen) atoms. The van der Waals surface area contributed by atoms with E-state index < -0.39 is 6.10 Å². The monoisotopic (exact) mass is 286 g/mol. The molecule has 1 saturated heterocycles. The largest absolute Gasteiger partial charge is 0.497 e. The average molecular weight is 286 g/mol. The molecule has 1 aromatic carbocycles. The minimum Gasteiger partial charge on any atom is -0.497 e. The van der Waals surface area contributed by atoms with Crippen LogP contribution in [0.5, 0.6) is 11.5 Å². The van der Waals surface area contributed by atoms with Crippen molar-refractivity contribution in [3.8, 4) is 11.5 Å². The minimum absolute atomic E-state index is 0.227. The van der Waals surface area contributed by atoms with E-state index in [2.05, 4.69) is 0 Å². The molecule has 3 nitrogen and oxygen atoms in total. The second kappa shape index (κ2) is 6.59. The number of thioether (sulfide) groups is 2. The minimum atomic E-state index is -0.507. The molecule has 5 heteroatoms. The molecule has 0 aromatic heterocycles. The molecule has 100 valence electrons. The molecule has 1 fully saturated rings. The van der Waals surface area contributed by atoms with Gasteiger partial charge in [-0.1, -0.05) is 0 Å². The number of aliphatic hydroxyl groups is 1. The highest BCUT2D eigenvalue weighted by Gasteiger charge is 2.26. The van der Waals surface area contributed by atoms with Gasteiger partial charge in [-0.15, -0.1) is 0 Å². The smallest absolute Gasteiger partial charge is 0.124 e. The number of benzene rings is 1. The van der Waals surface area contributed by atoms with Crippen molar-refractivity contribution < 1.29 is 14.6 Å². The molecule has 1 aromatic rings. The van der Waals surface area contributed by atoms with E-state index in [1.807, 2.05) is 41.7 Å². The van der Waals surface area contributed by atoms with Crippen molar-refractivity contribution in [3.05, 3.63) is 23.8 Å². The maximum atomic E-state index is 10.5. The summed E-state index contributed by atoms with van der Waals surface area (Å²) in [6.45, 7) is 0. The van der Waals surface area contributed by atoms with Crippen molar-refractivity contribution in [3.63, 3.8) is 0 Å². The Labute approximate surface area is 116 Å². The van der Waals surface area contributed by atoms with Crippen LogP contribution in [-0.2, 0) is 0 Å². The van der Waals surface area contributed by atoms with Crippen LogP contribution in [0.25, 0.3) is 0 Å². The van der Waals surface area contributed by atoms with E-state index in [1.165, 1.54) is 5.75 Å². The number of aliphatic hydroxyl groups excluding tert-OH is 1. The molecule has 0 amide bonds. The van der Waals surface area contributed by atoms with Gasteiger partial charge in [-0.3, -0.25) is 0 Å². The molecular formula is C13H18O3S2. The first-order valence-corrected chi connectivity index (χ1v) is 8.06. The van der Waals surface area contributed by atoms with Crippen LogP contribution in [0, 0.1) is 0 Å². The van der Waals surface area contributed by atoms with Gasteiger partial charge in [0.15, 0.2) is 0 Å². The number of ether oxygens (including phenoxy) is 2. The van der Waals surface area contributed by atoms with E-state index in [4.69, 9.17) is 9.47 Å². The number of hydrogen-bond acceptors (Lipinski definition) is 5. The van der Waals surface area contributed by atoms with Crippen LogP contribution >= 0.6 is 23.5 Å². The first kappa shape index (κ1) is 13.9. The maximum absolute atomic E-state index is 10.5. The molecule has 0 aliphatic carbocycles. The summed E-state index contributed by atoms with van der Waals surface area (Å²) >= 11 is 3.73. The Morgan fingerprint density at radius 2 is 2.11 bits per heavy atom. The van der Waals surface area contributed by atoms with Crippen molar-refractivity contribution in [2.45, 2.75) is 11.4 Å². The lowest BCUT2D eigenvalue weighted by Crippen LogP contribution is -2.22. The van der Waals surface area contributed by atoms with Gasteiger partial charge >= 0.3 is 0 Å². The summed E-state index contributed by atoms with van der Waals surface area (Å²) in [6, 6.07) is 5.55. The van der Waals surface area contributed by atoms with Crippen molar-refractivity contribution >= 4 is 23.5 Å². The summed E-state index contributed by atoms with van der Waals surface area (Å²) in [4.78, 5) is 0. The van der Waals surface area contributed by atoms with E-state index in [9.17, 15) is 5.11 Å². The second-order valence-corrected chi connectivity index (χ2v) is 6.53. The van der Waals surface area contributed by atoms with Gasteiger partial charge in [0, 0.05) is 28.1 Å². The quantitative estimate of drug-likeness (QED) is 0.921. The van der Waals surface area contributed by atoms with E-state index in [0.717, 1.165) is 28.6 Å². The lowest BCUT2D eigenvalue weighted by atomic mass is 10.1. The van der Waals surface area contributed by atoms with Crippen LogP contribution < -0.4 is 9.47 Å². The van der Waals surface area contributed by atoms with Crippen molar-refractivity contribution in [2.24, 2.45) is 0 Å². The van der Waals surface area contributed by atoms with Crippen LogP contribution in [0.4, 0.5) is 0 Å². The Hall–Kier alpha value is -0.520. The van der Waals surface area contributed by atoms with Gasteiger partial charge in [0.2, 0.25) is 0 Å². The number of hydrogen-bond donors (Lipinski definition) is 1. The molecule has 1 heterocycles. The molecule has 1 aliphatic heterocycles. The molecule has 0 radical (unpaired) electrons. The zero-order chi connectivity index (χ0) is 13.0. The highest BCUT2D eigenvalue weighted by atomic mass is 32.2. The third-order valence-corrected chi connectivity index (χ3v) is 5.80. The highest BCUT2D eigenvalue weighted by molar-refractivity contribution is 8.06. The van der Waals surface area contributed by atoms with E-state index >= 15 is 0 Å². The number of methoxy groups -OCH3 is 2. The average Bonchev–Trinajstić information content (AvgIpc) is 2.46. The lowest BCUT2D eigenvalue weighted by molar-refractivity contribution is 0.175. The topological polar surface area (TPSA) is 38.7 Å². The summed E-state index contributed by atoms with van der Waals surface area (Å²) in [5, 5.41) is 10.7. The van der Waals surface area contributed by atoms with Gasteiger partial charge in [0.1, 0.15) is 11.5 Å². The van der Waals surface area contributed by atoms with Gasteiger partial charge < -0.3 is 14.6 Å². The van der Waals surface area contributed by atoms with Crippen LogP contribution in [0.15, 0.2) is 18.2 Å². The normalized spacial score (nSPS) is 21.4. The third kappa shape index (κ3) is 3.08. The van der Waals surface area contributed by atoms with E-state index in [1.54, 1.807) is 14.2 Å². The second-order valence-electron chi connectivity index (χ2n) is 4.04. The van der Waals surface area contributed by atoms with Crippen LogP contribution in [-0.4, -0.2) is 41.8 Å². The Morgan fingerprint density at radius 3 is 2.72 bits per heavy atom. The van der Waals surface area contributed by atoms with Gasteiger partial charge in [-0.25, -0.2) is 0 Å². The van der Waals surface area contributed by atoms with Gasteiger partial charge in [0.25, 0.3) is 0 Å². The molecule has 0 saturated carbocycles. The Balaban J connectivity index is 2.23. The predicted octanol–water partition coefficient (Wildman–Crippen LogP) is 2.59. The Kier molecular flexibility index (Phi) is 5.09.